The van der Waals surface area contributed by atoms with Crippen molar-refractivity contribution in [2.24, 2.45) is 0 Å². The van der Waals surface area contributed by atoms with E-state index in [1.54, 1.807) is 54.6 Å². The number of esters is 3. The molecule has 0 spiro atoms. The molecule has 0 aromatic heterocycles. The summed E-state index contributed by atoms with van der Waals surface area (Å²) in [5, 5.41) is 9.90. The summed E-state index contributed by atoms with van der Waals surface area (Å²) in [6, 6.07) is 23.7. The Balaban J connectivity index is 1.72. The van der Waals surface area contributed by atoms with Crippen LogP contribution in [0.4, 0.5) is 0 Å². The second kappa shape index (κ2) is 12.1. The molecule has 3 aromatic carbocycles. The van der Waals surface area contributed by atoms with Gasteiger partial charge in [0.05, 0.1) is 16.7 Å². The molecular weight excluding hydrogens is 496 g/mol. The van der Waals surface area contributed by atoms with Crippen molar-refractivity contribution in [1.29, 1.82) is 0 Å². The topological polar surface area (TPSA) is 135 Å². The van der Waals surface area contributed by atoms with Crippen molar-refractivity contribution in [2.45, 2.75) is 30.7 Å². The molecule has 0 amide bonds. The number of ether oxygens (including phenoxy) is 5. The maximum absolute atomic E-state index is 13.1. The molecule has 196 valence electrons. The van der Waals surface area contributed by atoms with Crippen LogP contribution >= 0.6 is 0 Å². The van der Waals surface area contributed by atoms with E-state index in [1.807, 2.05) is 0 Å². The number of carbonyl (C=O) groups is 4. The standard InChI is InChI=1S/C28H24O10/c1-34-28-23(37-27(33)19-15-9-4-10-16-19)21(36-26(32)18-13-7-3-8-14-18)20(22(38-28)24(29)30)35-25(31)17-11-5-2-6-12-17/h2-16,20-23,28H,1H3,(H,29,30)/t20-,21-,22-,23+,28-/m0/s1. The minimum absolute atomic E-state index is 0.122. The second-order valence-electron chi connectivity index (χ2n) is 8.21. The van der Waals surface area contributed by atoms with Crippen molar-refractivity contribution in [3.05, 3.63) is 108 Å². The van der Waals surface area contributed by atoms with E-state index in [0.29, 0.717) is 0 Å². The molecular formula is C28H24O10. The molecule has 1 aliphatic heterocycles. The van der Waals surface area contributed by atoms with Gasteiger partial charge in [0.25, 0.3) is 0 Å². The third kappa shape index (κ3) is 6.05. The number of methoxy groups -OCH3 is 1. The first-order valence-electron chi connectivity index (χ1n) is 11.6. The van der Waals surface area contributed by atoms with Crippen LogP contribution in [0.5, 0.6) is 0 Å². The molecule has 1 N–H and O–H groups in total. The number of carbonyl (C=O) groups excluding carboxylic acids is 3. The molecule has 1 saturated heterocycles. The molecule has 1 aliphatic rings. The maximum atomic E-state index is 13.1. The molecule has 1 fully saturated rings. The number of benzene rings is 3. The van der Waals surface area contributed by atoms with E-state index < -0.39 is 54.6 Å². The van der Waals surface area contributed by atoms with Crippen LogP contribution in [0.2, 0.25) is 0 Å². The predicted octanol–water partition coefficient (Wildman–Crippen LogP) is 3.12. The van der Waals surface area contributed by atoms with Crippen LogP contribution in [-0.2, 0) is 28.5 Å². The summed E-state index contributed by atoms with van der Waals surface area (Å²) in [7, 11) is 1.21. The lowest BCUT2D eigenvalue weighted by atomic mass is 9.97. The van der Waals surface area contributed by atoms with Crippen LogP contribution in [0.15, 0.2) is 91.0 Å². The van der Waals surface area contributed by atoms with E-state index in [1.165, 1.54) is 43.5 Å². The Labute approximate surface area is 217 Å². The summed E-state index contributed by atoms with van der Waals surface area (Å²) in [6.45, 7) is 0. The van der Waals surface area contributed by atoms with E-state index in [2.05, 4.69) is 0 Å². The molecule has 0 aliphatic carbocycles. The highest BCUT2D eigenvalue weighted by atomic mass is 16.7. The minimum Gasteiger partial charge on any atom is -0.479 e. The molecule has 0 bridgehead atoms. The Bertz CT molecular complexity index is 1260. The number of carboxylic acids is 1. The molecule has 0 radical (unpaired) electrons. The second-order valence-corrected chi connectivity index (χ2v) is 8.21. The van der Waals surface area contributed by atoms with Gasteiger partial charge < -0.3 is 28.8 Å². The van der Waals surface area contributed by atoms with Gasteiger partial charge in [0, 0.05) is 7.11 Å². The molecule has 0 unspecified atom stereocenters. The van der Waals surface area contributed by atoms with E-state index in [9.17, 15) is 24.3 Å². The Kier molecular flexibility index (Phi) is 8.47. The van der Waals surface area contributed by atoms with Gasteiger partial charge in [0.2, 0.25) is 0 Å². The molecule has 38 heavy (non-hydrogen) atoms. The number of hydrogen-bond acceptors (Lipinski definition) is 9. The molecule has 10 heteroatoms. The lowest BCUT2D eigenvalue weighted by Gasteiger charge is -2.42. The SMILES string of the molecule is CO[C@H]1O[C@H](C(=O)O)[C@@H](OC(=O)c2ccccc2)[C@H](OC(=O)c2ccccc2)[C@H]1OC(=O)c1ccccc1. The number of rotatable bonds is 8. The first-order chi connectivity index (χ1) is 18.4. The average molecular weight is 520 g/mol. The van der Waals surface area contributed by atoms with Crippen LogP contribution in [0.1, 0.15) is 31.1 Å². The number of aliphatic carboxylic acids is 1. The van der Waals surface area contributed by atoms with Gasteiger partial charge in [-0.3, -0.25) is 0 Å². The highest BCUT2D eigenvalue weighted by Crippen LogP contribution is 2.31. The number of carboxylic acid groups (broad SMARTS) is 1. The van der Waals surface area contributed by atoms with Gasteiger partial charge in [0.1, 0.15) is 0 Å². The van der Waals surface area contributed by atoms with Crippen molar-refractivity contribution < 1.29 is 48.0 Å². The molecule has 10 nitrogen and oxygen atoms in total. The van der Waals surface area contributed by atoms with Gasteiger partial charge in [-0.15, -0.1) is 0 Å². The van der Waals surface area contributed by atoms with Crippen LogP contribution in [-0.4, -0.2) is 66.8 Å². The zero-order valence-electron chi connectivity index (χ0n) is 20.2. The normalized spacial score (nSPS) is 22.6. The van der Waals surface area contributed by atoms with Gasteiger partial charge in [-0.25, -0.2) is 19.2 Å². The van der Waals surface area contributed by atoms with Crippen LogP contribution in [0, 0.1) is 0 Å². The zero-order chi connectivity index (χ0) is 27.1. The van der Waals surface area contributed by atoms with Gasteiger partial charge in [-0.2, -0.15) is 0 Å². The molecule has 3 aromatic rings. The van der Waals surface area contributed by atoms with Gasteiger partial charge in [-0.05, 0) is 36.4 Å². The summed E-state index contributed by atoms with van der Waals surface area (Å²) in [4.78, 5) is 51.1. The van der Waals surface area contributed by atoms with E-state index in [0.717, 1.165) is 0 Å². The number of hydrogen-bond donors (Lipinski definition) is 1. The summed E-state index contributed by atoms with van der Waals surface area (Å²) in [5.74, 6) is -4.08. The molecule has 0 saturated carbocycles. The highest BCUT2D eigenvalue weighted by molar-refractivity contribution is 5.91. The van der Waals surface area contributed by atoms with Crippen molar-refractivity contribution in [1.82, 2.24) is 0 Å². The van der Waals surface area contributed by atoms with Crippen molar-refractivity contribution >= 4 is 23.9 Å². The Hall–Kier alpha value is -4.54. The monoisotopic (exact) mass is 520 g/mol. The molecule has 4 rings (SSSR count). The fraction of sp³-hybridized carbons (Fsp3) is 0.214. The quantitative estimate of drug-likeness (QED) is 0.349. The maximum Gasteiger partial charge on any atom is 0.338 e. The van der Waals surface area contributed by atoms with E-state index in [4.69, 9.17) is 23.7 Å². The van der Waals surface area contributed by atoms with Crippen LogP contribution in [0.3, 0.4) is 0 Å². The summed E-state index contributed by atoms with van der Waals surface area (Å²) in [5.41, 5.74) is 0.436. The summed E-state index contributed by atoms with van der Waals surface area (Å²) in [6.07, 6.45) is -8.09. The lowest BCUT2D eigenvalue weighted by molar-refractivity contribution is -0.285. The fourth-order valence-corrected chi connectivity index (χ4v) is 3.89. The van der Waals surface area contributed by atoms with Crippen molar-refractivity contribution in [3.8, 4) is 0 Å². The average Bonchev–Trinajstić information content (AvgIpc) is 2.95. The fourth-order valence-electron chi connectivity index (χ4n) is 3.89. The predicted molar refractivity (Wildman–Crippen MR) is 130 cm³/mol. The third-order valence-corrected chi connectivity index (χ3v) is 5.73. The van der Waals surface area contributed by atoms with Crippen molar-refractivity contribution in [3.63, 3.8) is 0 Å². The molecule has 1 heterocycles. The van der Waals surface area contributed by atoms with Crippen LogP contribution < -0.4 is 0 Å². The third-order valence-electron chi connectivity index (χ3n) is 5.73. The molecule has 5 atom stereocenters. The smallest absolute Gasteiger partial charge is 0.338 e. The Morgan fingerprint density at radius 2 is 0.974 bits per heavy atom. The van der Waals surface area contributed by atoms with E-state index in [-0.39, 0.29) is 16.7 Å². The lowest BCUT2D eigenvalue weighted by Crippen LogP contribution is -2.63. The van der Waals surface area contributed by atoms with Crippen molar-refractivity contribution in [2.75, 3.05) is 7.11 Å². The Morgan fingerprint density at radius 1 is 0.605 bits per heavy atom. The minimum atomic E-state index is -1.81. The van der Waals surface area contributed by atoms with Gasteiger partial charge >= 0.3 is 23.9 Å². The van der Waals surface area contributed by atoms with Crippen LogP contribution in [0.25, 0.3) is 0 Å². The summed E-state index contributed by atoms with van der Waals surface area (Å²) >= 11 is 0. The first kappa shape index (κ1) is 26.5. The Morgan fingerprint density at radius 3 is 1.34 bits per heavy atom. The highest BCUT2D eigenvalue weighted by Gasteiger charge is 2.55. The largest absolute Gasteiger partial charge is 0.479 e. The summed E-state index contributed by atoms with van der Waals surface area (Å²) < 4.78 is 27.7. The van der Waals surface area contributed by atoms with Gasteiger partial charge in [-0.1, -0.05) is 54.6 Å². The first-order valence-corrected chi connectivity index (χ1v) is 11.6. The van der Waals surface area contributed by atoms with E-state index >= 15 is 0 Å². The zero-order valence-corrected chi connectivity index (χ0v) is 20.2. The van der Waals surface area contributed by atoms with Gasteiger partial charge in [0.15, 0.2) is 30.7 Å².